The zero-order valence-corrected chi connectivity index (χ0v) is 12.0. The number of fused-ring (bicyclic) bond motifs is 1. The summed E-state index contributed by atoms with van der Waals surface area (Å²) in [5.41, 5.74) is 6.31. The molecule has 0 aliphatic heterocycles. The van der Waals surface area contributed by atoms with Crippen LogP contribution in [-0.2, 0) is 6.54 Å². The molecule has 0 atom stereocenters. The standard InChI is InChI=1S/C14H12F3N5O/c1-23-10-6-19-13(20-12(10)18)11-8-4-2-3-5-9(8)22(21-11)7-14(15,16)17/h2-6H,7H2,1H3,(H2,18,19,20). The molecule has 3 rings (SSSR count). The quantitative estimate of drug-likeness (QED) is 0.801. The third kappa shape index (κ3) is 2.89. The summed E-state index contributed by atoms with van der Waals surface area (Å²) >= 11 is 0. The monoisotopic (exact) mass is 323 g/mol. The maximum Gasteiger partial charge on any atom is 0.408 e. The number of hydrogen-bond acceptors (Lipinski definition) is 5. The molecule has 0 saturated heterocycles. The molecular weight excluding hydrogens is 311 g/mol. The molecule has 2 heterocycles. The molecule has 2 aromatic heterocycles. The maximum absolute atomic E-state index is 12.7. The molecule has 0 bridgehead atoms. The van der Waals surface area contributed by atoms with Crippen LogP contribution in [0.4, 0.5) is 19.0 Å². The van der Waals surface area contributed by atoms with E-state index in [9.17, 15) is 13.2 Å². The lowest BCUT2D eigenvalue weighted by Crippen LogP contribution is -2.18. The minimum absolute atomic E-state index is 0.0898. The lowest BCUT2D eigenvalue weighted by Gasteiger charge is -2.07. The number of anilines is 1. The fourth-order valence-electron chi connectivity index (χ4n) is 2.24. The van der Waals surface area contributed by atoms with Crippen molar-refractivity contribution in [2.24, 2.45) is 0 Å². The lowest BCUT2D eigenvalue weighted by molar-refractivity contribution is -0.141. The molecule has 0 saturated carbocycles. The van der Waals surface area contributed by atoms with Gasteiger partial charge in [-0.05, 0) is 6.07 Å². The van der Waals surface area contributed by atoms with Crippen molar-refractivity contribution in [1.82, 2.24) is 19.7 Å². The van der Waals surface area contributed by atoms with Gasteiger partial charge in [0.2, 0.25) is 0 Å². The van der Waals surface area contributed by atoms with Gasteiger partial charge in [-0.2, -0.15) is 18.3 Å². The van der Waals surface area contributed by atoms with E-state index in [2.05, 4.69) is 15.1 Å². The van der Waals surface area contributed by atoms with Crippen molar-refractivity contribution in [1.29, 1.82) is 0 Å². The van der Waals surface area contributed by atoms with Gasteiger partial charge in [0, 0.05) is 5.39 Å². The van der Waals surface area contributed by atoms with E-state index in [1.54, 1.807) is 24.3 Å². The van der Waals surface area contributed by atoms with Gasteiger partial charge in [-0.1, -0.05) is 18.2 Å². The molecule has 0 aliphatic rings. The normalized spacial score (nSPS) is 11.8. The highest BCUT2D eigenvalue weighted by atomic mass is 19.4. The maximum atomic E-state index is 12.7. The van der Waals surface area contributed by atoms with Crippen molar-refractivity contribution in [3.8, 4) is 17.3 Å². The topological polar surface area (TPSA) is 78.9 Å². The minimum Gasteiger partial charge on any atom is -0.491 e. The summed E-state index contributed by atoms with van der Waals surface area (Å²) in [5, 5.41) is 4.53. The molecule has 120 valence electrons. The average molecular weight is 323 g/mol. The third-order valence-corrected chi connectivity index (χ3v) is 3.20. The summed E-state index contributed by atoms with van der Waals surface area (Å²) in [6, 6.07) is 6.57. The number of rotatable bonds is 3. The molecular formula is C14H12F3N5O. The van der Waals surface area contributed by atoms with Gasteiger partial charge in [0.1, 0.15) is 12.2 Å². The number of aromatic nitrogens is 4. The van der Waals surface area contributed by atoms with Crippen molar-refractivity contribution >= 4 is 16.7 Å². The van der Waals surface area contributed by atoms with Crippen LogP contribution in [0.2, 0.25) is 0 Å². The fourth-order valence-corrected chi connectivity index (χ4v) is 2.24. The molecule has 3 aromatic rings. The summed E-state index contributed by atoms with van der Waals surface area (Å²) in [4.78, 5) is 8.13. The molecule has 9 heteroatoms. The van der Waals surface area contributed by atoms with E-state index in [4.69, 9.17) is 10.5 Å². The molecule has 1 aromatic carbocycles. The smallest absolute Gasteiger partial charge is 0.408 e. The Labute approximate surface area is 128 Å². The van der Waals surface area contributed by atoms with E-state index in [0.717, 1.165) is 4.68 Å². The largest absolute Gasteiger partial charge is 0.491 e. The van der Waals surface area contributed by atoms with Crippen molar-refractivity contribution < 1.29 is 17.9 Å². The van der Waals surface area contributed by atoms with Crippen molar-refractivity contribution in [3.05, 3.63) is 30.5 Å². The number of alkyl halides is 3. The molecule has 2 N–H and O–H groups in total. The molecule has 6 nitrogen and oxygen atoms in total. The van der Waals surface area contributed by atoms with Gasteiger partial charge in [-0.25, -0.2) is 9.97 Å². The van der Waals surface area contributed by atoms with Crippen molar-refractivity contribution in [2.45, 2.75) is 12.7 Å². The number of nitrogen functional groups attached to an aromatic ring is 1. The first kappa shape index (κ1) is 15.1. The van der Waals surface area contributed by atoms with Crippen LogP contribution in [0.15, 0.2) is 30.5 Å². The highest BCUT2D eigenvalue weighted by molar-refractivity contribution is 5.91. The Hall–Kier alpha value is -2.84. The van der Waals surface area contributed by atoms with Gasteiger partial charge in [0.15, 0.2) is 17.4 Å². The molecule has 0 spiro atoms. The number of methoxy groups -OCH3 is 1. The Balaban J connectivity index is 2.16. The van der Waals surface area contributed by atoms with Crippen molar-refractivity contribution in [2.75, 3.05) is 12.8 Å². The predicted octanol–water partition coefficient (Wildman–Crippen LogP) is 2.65. The van der Waals surface area contributed by atoms with Gasteiger partial charge in [-0.3, -0.25) is 4.68 Å². The molecule has 0 fully saturated rings. The first-order valence-corrected chi connectivity index (χ1v) is 6.58. The second-order valence-corrected chi connectivity index (χ2v) is 4.79. The Kier molecular flexibility index (Phi) is 3.55. The fraction of sp³-hybridized carbons (Fsp3) is 0.214. The van der Waals surface area contributed by atoms with Crippen LogP contribution in [0.1, 0.15) is 0 Å². The van der Waals surface area contributed by atoms with E-state index in [-0.39, 0.29) is 23.1 Å². The summed E-state index contributed by atoms with van der Waals surface area (Å²) < 4.78 is 44.0. The highest BCUT2D eigenvalue weighted by Crippen LogP contribution is 2.29. The van der Waals surface area contributed by atoms with Crippen LogP contribution >= 0.6 is 0 Å². The predicted molar refractivity (Wildman–Crippen MR) is 77.8 cm³/mol. The van der Waals surface area contributed by atoms with Crippen LogP contribution < -0.4 is 10.5 Å². The zero-order valence-electron chi connectivity index (χ0n) is 12.0. The Morgan fingerprint density at radius 2 is 2.00 bits per heavy atom. The Bertz CT molecular complexity index is 859. The van der Waals surface area contributed by atoms with Crippen LogP contribution in [0, 0.1) is 0 Å². The lowest BCUT2D eigenvalue weighted by atomic mass is 10.2. The van der Waals surface area contributed by atoms with Crippen LogP contribution in [-0.4, -0.2) is 33.0 Å². The van der Waals surface area contributed by atoms with E-state index in [1.165, 1.54) is 13.3 Å². The van der Waals surface area contributed by atoms with Gasteiger partial charge in [0.05, 0.1) is 18.8 Å². The molecule has 23 heavy (non-hydrogen) atoms. The molecule has 0 unspecified atom stereocenters. The van der Waals surface area contributed by atoms with Crippen molar-refractivity contribution in [3.63, 3.8) is 0 Å². The molecule has 0 aliphatic carbocycles. The molecule has 0 radical (unpaired) electrons. The second-order valence-electron chi connectivity index (χ2n) is 4.79. The number of para-hydroxylation sites is 1. The summed E-state index contributed by atoms with van der Waals surface area (Å²) in [6.45, 7) is -1.20. The van der Waals surface area contributed by atoms with Gasteiger partial charge < -0.3 is 10.5 Å². The number of hydrogen-bond donors (Lipinski definition) is 1. The van der Waals surface area contributed by atoms with Crippen LogP contribution in [0.25, 0.3) is 22.4 Å². The number of benzene rings is 1. The van der Waals surface area contributed by atoms with E-state index >= 15 is 0 Å². The second kappa shape index (κ2) is 5.41. The number of halogens is 3. The van der Waals surface area contributed by atoms with E-state index in [1.807, 2.05) is 0 Å². The Morgan fingerprint density at radius 1 is 1.26 bits per heavy atom. The minimum atomic E-state index is -4.38. The first-order valence-electron chi connectivity index (χ1n) is 6.58. The van der Waals surface area contributed by atoms with E-state index in [0.29, 0.717) is 10.9 Å². The van der Waals surface area contributed by atoms with Gasteiger partial charge >= 0.3 is 6.18 Å². The van der Waals surface area contributed by atoms with Gasteiger partial charge in [-0.15, -0.1) is 0 Å². The zero-order chi connectivity index (χ0) is 16.6. The van der Waals surface area contributed by atoms with Crippen LogP contribution in [0.5, 0.6) is 5.75 Å². The number of nitrogens with zero attached hydrogens (tertiary/aromatic N) is 4. The summed E-state index contributed by atoms with van der Waals surface area (Å²) in [7, 11) is 1.42. The highest BCUT2D eigenvalue weighted by Gasteiger charge is 2.30. The van der Waals surface area contributed by atoms with Crippen LogP contribution in [0.3, 0.4) is 0 Å². The number of ether oxygens (including phenoxy) is 1. The van der Waals surface area contributed by atoms with E-state index < -0.39 is 12.7 Å². The van der Waals surface area contributed by atoms with Gasteiger partial charge in [0.25, 0.3) is 0 Å². The summed E-state index contributed by atoms with van der Waals surface area (Å²) in [5.74, 6) is 0.514. The first-order chi connectivity index (χ1) is 10.9. The molecule has 0 amide bonds. The third-order valence-electron chi connectivity index (χ3n) is 3.20. The summed E-state index contributed by atoms with van der Waals surface area (Å²) in [6.07, 6.45) is -3.03. The number of nitrogens with two attached hydrogens (primary N) is 1. The SMILES string of the molecule is COc1cnc(-c2nn(CC(F)(F)F)c3ccccc23)nc1N. The average Bonchev–Trinajstić information content (AvgIpc) is 2.84. The Morgan fingerprint density at radius 3 is 2.65 bits per heavy atom.